The van der Waals surface area contributed by atoms with Crippen LogP contribution in [0.5, 0.6) is 0 Å². The van der Waals surface area contributed by atoms with E-state index in [4.69, 9.17) is 0 Å². The molecule has 5 heteroatoms. The second-order valence-corrected chi connectivity index (χ2v) is 6.52. The predicted molar refractivity (Wildman–Crippen MR) is 85.9 cm³/mol. The highest BCUT2D eigenvalue weighted by Crippen LogP contribution is 2.48. The first-order valence-electron chi connectivity index (χ1n) is 7.30. The van der Waals surface area contributed by atoms with E-state index in [1.807, 2.05) is 0 Å². The number of nitrogens with one attached hydrogen (secondary N) is 1. The van der Waals surface area contributed by atoms with Crippen LogP contribution in [0.4, 0.5) is 5.69 Å². The van der Waals surface area contributed by atoms with Crippen LogP contribution in [-0.2, 0) is 15.0 Å². The highest BCUT2D eigenvalue weighted by Gasteiger charge is 2.51. The van der Waals surface area contributed by atoms with Crippen molar-refractivity contribution in [1.82, 2.24) is 0 Å². The molecular weight excluding hydrogens is 286 g/mol. The van der Waals surface area contributed by atoms with E-state index in [2.05, 4.69) is 12.2 Å². The Morgan fingerprint density at radius 1 is 1.29 bits per heavy atom. The summed E-state index contributed by atoms with van der Waals surface area (Å²) in [5, 5.41) is 12.1. The number of hydrogen-bond donors (Lipinski definition) is 2. The van der Waals surface area contributed by atoms with Crippen molar-refractivity contribution in [3.05, 3.63) is 29.8 Å². The monoisotopic (exact) mass is 307 g/mol. The molecule has 0 heterocycles. The highest BCUT2D eigenvalue weighted by atomic mass is 32.2. The fourth-order valence-corrected chi connectivity index (χ4v) is 3.13. The van der Waals surface area contributed by atoms with Crippen molar-refractivity contribution in [2.75, 3.05) is 16.8 Å². The Labute approximate surface area is 129 Å². The quantitative estimate of drug-likeness (QED) is 0.723. The lowest BCUT2D eigenvalue weighted by Crippen LogP contribution is -2.19. The van der Waals surface area contributed by atoms with Crippen LogP contribution in [0.15, 0.2) is 24.3 Å². The van der Waals surface area contributed by atoms with Crippen LogP contribution in [0.25, 0.3) is 0 Å². The molecule has 0 atom stereocenters. The zero-order valence-electron chi connectivity index (χ0n) is 12.2. The van der Waals surface area contributed by atoms with Gasteiger partial charge in [0.15, 0.2) is 0 Å². The number of carbonyl (C=O) groups excluding carboxylic acids is 1. The molecule has 4 nitrogen and oxygen atoms in total. The molecule has 1 aliphatic rings. The molecule has 0 radical (unpaired) electrons. The van der Waals surface area contributed by atoms with E-state index in [9.17, 15) is 14.7 Å². The lowest BCUT2D eigenvalue weighted by atomic mass is 9.96. The summed E-state index contributed by atoms with van der Waals surface area (Å²) in [6.45, 7) is 2.13. The molecule has 1 aromatic rings. The first-order chi connectivity index (χ1) is 10.1. The fraction of sp³-hybridized carbons (Fsp3) is 0.500. The van der Waals surface area contributed by atoms with Gasteiger partial charge >= 0.3 is 5.97 Å². The van der Waals surface area contributed by atoms with Gasteiger partial charge in [-0.05, 0) is 42.7 Å². The number of carboxylic acids is 1. The topological polar surface area (TPSA) is 66.4 Å². The first-order valence-corrected chi connectivity index (χ1v) is 8.45. The smallest absolute Gasteiger partial charge is 0.314 e. The molecule has 0 saturated heterocycles. The van der Waals surface area contributed by atoms with Crippen LogP contribution in [0.3, 0.4) is 0 Å². The second-order valence-electron chi connectivity index (χ2n) is 5.42. The summed E-state index contributed by atoms with van der Waals surface area (Å²) in [7, 11) is 0. The third kappa shape index (κ3) is 4.00. The zero-order chi connectivity index (χ0) is 15.3. The van der Waals surface area contributed by atoms with Gasteiger partial charge in [-0.2, -0.15) is 11.8 Å². The number of rotatable bonds is 8. The number of aliphatic carboxylic acids is 1. The van der Waals surface area contributed by atoms with Gasteiger partial charge in [0.25, 0.3) is 0 Å². The van der Waals surface area contributed by atoms with Gasteiger partial charge in [0.2, 0.25) is 5.91 Å². The van der Waals surface area contributed by atoms with E-state index in [-0.39, 0.29) is 5.91 Å². The molecule has 114 valence electrons. The summed E-state index contributed by atoms with van der Waals surface area (Å²) in [6.07, 6.45) is 3.66. The Balaban J connectivity index is 1.85. The molecule has 0 spiro atoms. The SMILES string of the molecule is CCCCSCC(=O)Nc1ccc(C2(C(=O)O)CC2)cc1. The minimum Gasteiger partial charge on any atom is -0.481 e. The minimum atomic E-state index is -0.758. The molecule has 0 aliphatic heterocycles. The Morgan fingerprint density at radius 2 is 1.95 bits per heavy atom. The van der Waals surface area contributed by atoms with Crippen molar-refractivity contribution in [2.45, 2.75) is 38.0 Å². The van der Waals surface area contributed by atoms with E-state index in [0.717, 1.165) is 29.8 Å². The number of benzene rings is 1. The lowest BCUT2D eigenvalue weighted by molar-refractivity contribution is -0.140. The van der Waals surface area contributed by atoms with Crippen LogP contribution in [0.2, 0.25) is 0 Å². The van der Waals surface area contributed by atoms with Crippen LogP contribution >= 0.6 is 11.8 Å². The molecule has 0 bridgehead atoms. The molecule has 1 fully saturated rings. The number of amides is 1. The largest absolute Gasteiger partial charge is 0.481 e. The van der Waals surface area contributed by atoms with E-state index >= 15 is 0 Å². The van der Waals surface area contributed by atoms with Gasteiger partial charge in [-0.3, -0.25) is 9.59 Å². The average molecular weight is 307 g/mol. The molecule has 1 saturated carbocycles. The summed E-state index contributed by atoms with van der Waals surface area (Å²) in [5.74, 6) is 0.694. The number of thioether (sulfide) groups is 1. The average Bonchev–Trinajstić information content (AvgIpc) is 3.26. The van der Waals surface area contributed by atoms with E-state index < -0.39 is 11.4 Å². The van der Waals surface area contributed by atoms with E-state index in [1.165, 1.54) is 0 Å². The van der Waals surface area contributed by atoms with Crippen LogP contribution < -0.4 is 5.32 Å². The minimum absolute atomic E-state index is 0.0109. The molecule has 1 aliphatic carbocycles. The number of carboxylic acid groups (broad SMARTS) is 1. The first kappa shape index (κ1) is 15.9. The van der Waals surface area contributed by atoms with Crippen molar-refractivity contribution in [1.29, 1.82) is 0 Å². The molecule has 0 unspecified atom stereocenters. The molecule has 21 heavy (non-hydrogen) atoms. The van der Waals surface area contributed by atoms with Gasteiger partial charge in [0, 0.05) is 5.69 Å². The van der Waals surface area contributed by atoms with Crippen LogP contribution in [-0.4, -0.2) is 28.5 Å². The van der Waals surface area contributed by atoms with Gasteiger partial charge in [-0.15, -0.1) is 0 Å². The van der Waals surface area contributed by atoms with Gasteiger partial charge in [0.1, 0.15) is 0 Å². The number of unbranched alkanes of at least 4 members (excludes halogenated alkanes) is 1. The van der Waals surface area contributed by atoms with E-state index in [1.54, 1.807) is 36.0 Å². The van der Waals surface area contributed by atoms with E-state index in [0.29, 0.717) is 18.6 Å². The normalized spacial score (nSPS) is 15.5. The molecule has 2 N–H and O–H groups in total. The van der Waals surface area contributed by atoms with Gasteiger partial charge < -0.3 is 10.4 Å². The van der Waals surface area contributed by atoms with Gasteiger partial charge in [-0.25, -0.2) is 0 Å². The molecular formula is C16H21NO3S. The third-order valence-electron chi connectivity index (χ3n) is 3.76. The van der Waals surface area contributed by atoms with Crippen molar-refractivity contribution in [3.63, 3.8) is 0 Å². The molecule has 1 amide bonds. The van der Waals surface area contributed by atoms with Crippen molar-refractivity contribution >= 4 is 29.3 Å². The summed E-state index contributed by atoms with van der Waals surface area (Å²) in [5.41, 5.74) is 0.866. The Kier molecular flexibility index (Phi) is 5.28. The number of anilines is 1. The van der Waals surface area contributed by atoms with Crippen LogP contribution in [0.1, 0.15) is 38.2 Å². The second kappa shape index (κ2) is 6.98. The van der Waals surface area contributed by atoms with Crippen LogP contribution in [0, 0.1) is 0 Å². The fourth-order valence-electron chi connectivity index (χ4n) is 2.23. The summed E-state index contributed by atoms with van der Waals surface area (Å²) >= 11 is 1.64. The predicted octanol–water partition coefficient (Wildman–Crippen LogP) is 3.27. The summed E-state index contributed by atoms with van der Waals surface area (Å²) < 4.78 is 0. The molecule has 1 aromatic carbocycles. The summed E-state index contributed by atoms with van der Waals surface area (Å²) in [4.78, 5) is 23.0. The van der Waals surface area contributed by atoms with Crippen molar-refractivity contribution in [3.8, 4) is 0 Å². The highest BCUT2D eigenvalue weighted by molar-refractivity contribution is 7.99. The molecule has 0 aromatic heterocycles. The van der Waals surface area contributed by atoms with Gasteiger partial charge in [0.05, 0.1) is 11.2 Å². The maximum absolute atomic E-state index is 11.8. The molecule has 2 rings (SSSR count). The zero-order valence-corrected chi connectivity index (χ0v) is 13.0. The Bertz CT molecular complexity index is 509. The summed E-state index contributed by atoms with van der Waals surface area (Å²) in [6, 6.07) is 7.18. The van der Waals surface area contributed by atoms with Gasteiger partial charge in [-0.1, -0.05) is 25.5 Å². The Morgan fingerprint density at radius 3 is 2.48 bits per heavy atom. The third-order valence-corrected chi connectivity index (χ3v) is 4.80. The Hall–Kier alpha value is -1.49. The number of hydrogen-bond acceptors (Lipinski definition) is 3. The van der Waals surface area contributed by atoms with Crippen molar-refractivity contribution in [2.24, 2.45) is 0 Å². The maximum Gasteiger partial charge on any atom is 0.314 e. The number of carbonyl (C=O) groups is 2. The van der Waals surface area contributed by atoms with Crippen molar-refractivity contribution < 1.29 is 14.7 Å². The maximum atomic E-state index is 11.8. The lowest BCUT2D eigenvalue weighted by Gasteiger charge is -2.11. The standard InChI is InChI=1S/C16H21NO3S/c1-2-3-10-21-11-14(18)17-13-6-4-12(5-7-13)16(8-9-16)15(19)20/h4-7H,2-3,8-11H2,1H3,(H,17,18)(H,19,20).